The van der Waals surface area contributed by atoms with Crippen LogP contribution in [0.25, 0.3) is 0 Å². The van der Waals surface area contributed by atoms with E-state index < -0.39 is 15.6 Å². The third kappa shape index (κ3) is 2.66. The number of hydrogen-bond acceptors (Lipinski definition) is 4. The Kier molecular flexibility index (Phi) is 3.35. The van der Waals surface area contributed by atoms with Gasteiger partial charge in [-0.1, -0.05) is 0 Å². The molecule has 0 atom stereocenters. The van der Waals surface area contributed by atoms with Crippen LogP contribution in [0.4, 0.5) is 5.69 Å². The molecule has 6 heteroatoms. The second-order valence-electron chi connectivity index (χ2n) is 4.92. The van der Waals surface area contributed by atoms with E-state index in [4.69, 9.17) is 5.73 Å². The zero-order chi connectivity index (χ0) is 13.4. The van der Waals surface area contributed by atoms with Gasteiger partial charge in [0.15, 0.2) is 0 Å². The second-order valence-corrected chi connectivity index (χ2v) is 6.69. The molecule has 4 N–H and O–H groups in total. The van der Waals surface area contributed by atoms with Crippen molar-refractivity contribution >= 4 is 15.7 Å². The molecule has 0 aromatic heterocycles. The van der Waals surface area contributed by atoms with E-state index in [1.807, 2.05) is 0 Å². The van der Waals surface area contributed by atoms with Gasteiger partial charge in [0, 0.05) is 12.2 Å². The molecule has 100 valence electrons. The average molecular weight is 270 g/mol. The quantitative estimate of drug-likeness (QED) is 0.705. The smallest absolute Gasteiger partial charge is 0.240 e. The first-order chi connectivity index (χ1) is 8.32. The number of nitrogens with two attached hydrogens (primary N) is 1. The summed E-state index contributed by atoms with van der Waals surface area (Å²) in [6.07, 6.45) is 2.24. The molecule has 1 aliphatic carbocycles. The predicted octanol–water partition coefficient (Wildman–Crippen LogP) is 0.771. The molecule has 1 aromatic carbocycles. The van der Waals surface area contributed by atoms with Crippen LogP contribution in [0.2, 0.25) is 0 Å². The van der Waals surface area contributed by atoms with Crippen molar-refractivity contribution in [2.45, 2.75) is 36.7 Å². The fourth-order valence-corrected chi connectivity index (χ4v) is 3.09. The van der Waals surface area contributed by atoms with Gasteiger partial charge in [0.05, 0.1) is 10.5 Å². The molecule has 1 aromatic rings. The number of aryl methyl sites for hydroxylation is 1. The van der Waals surface area contributed by atoms with Gasteiger partial charge < -0.3 is 10.8 Å². The number of nitrogen functional groups attached to an aromatic ring is 1. The van der Waals surface area contributed by atoms with Crippen LogP contribution in [0, 0.1) is 6.92 Å². The maximum atomic E-state index is 12.0. The third-order valence-corrected chi connectivity index (χ3v) is 4.83. The zero-order valence-corrected chi connectivity index (χ0v) is 11.1. The van der Waals surface area contributed by atoms with Crippen LogP contribution in [0.1, 0.15) is 24.8 Å². The molecule has 0 bridgehead atoms. The molecule has 0 amide bonds. The fourth-order valence-electron chi connectivity index (χ4n) is 1.89. The van der Waals surface area contributed by atoms with E-state index in [2.05, 4.69) is 4.72 Å². The Bertz CT molecular complexity index is 550. The van der Waals surface area contributed by atoms with Gasteiger partial charge in [0.1, 0.15) is 0 Å². The number of benzene rings is 1. The Morgan fingerprint density at radius 2 is 2.11 bits per heavy atom. The Hall–Kier alpha value is -1.11. The van der Waals surface area contributed by atoms with Crippen molar-refractivity contribution in [3.8, 4) is 0 Å². The van der Waals surface area contributed by atoms with Crippen LogP contribution in [-0.4, -0.2) is 25.7 Å². The molecule has 0 spiro atoms. The Morgan fingerprint density at radius 1 is 1.44 bits per heavy atom. The second kappa shape index (κ2) is 4.53. The maximum Gasteiger partial charge on any atom is 0.240 e. The highest BCUT2D eigenvalue weighted by Gasteiger charge is 2.35. The van der Waals surface area contributed by atoms with Crippen LogP contribution >= 0.6 is 0 Å². The van der Waals surface area contributed by atoms with E-state index in [-0.39, 0.29) is 11.4 Å². The lowest BCUT2D eigenvalue weighted by molar-refractivity contribution is -0.0270. The lowest BCUT2D eigenvalue weighted by Gasteiger charge is -2.36. The highest BCUT2D eigenvalue weighted by atomic mass is 32.2. The van der Waals surface area contributed by atoms with Crippen molar-refractivity contribution in [2.24, 2.45) is 0 Å². The highest BCUT2D eigenvalue weighted by Crippen LogP contribution is 2.31. The van der Waals surface area contributed by atoms with Gasteiger partial charge >= 0.3 is 0 Å². The first-order valence-electron chi connectivity index (χ1n) is 5.91. The van der Waals surface area contributed by atoms with E-state index in [0.717, 1.165) is 12.0 Å². The monoisotopic (exact) mass is 270 g/mol. The van der Waals surface area contributed by atoms with Gasteiger partial charge in [-0.15, -0.1) is 0 Å². The molecular weight excluding hydrogens is 252 g/mol. The van der Waals surface area contributed by atoms with Crippen molar-refractivity contribution in [1.29, 1.82) is 0 Å². The van der Waals surface area contributed by atoms with E-state index in [1.165, 1.54) is 12.1 Å². The molecule has 0 radical (unpaired) electrons. The summed E-state index contributed by atoms with van der Waals surface area (Å²) >= 11 is 0. The van der Waals surface area contributed by atoms with Gasteiger partial charge in [0.2, 0.25) is 10.0 Å². The summed E-state index contributed by atoms with van der Waals surface area (Å²) in [5, 5.41) is 9.87. The van der Waals surface area contributed by atoms with E-state index in [9.17, 15) is 13.5 Å². The normalized spacial score (nSPS) is 18.3. The number of nitrogens with one attached hydrogen (secondary N) is 1. The van der Waals surface area contributed by atoms with Gasteiger partial charge in [-0.2, -0.15) is 0 Å². The van der Waals surface area contributed by atoms with Crippen LogP contribution in [0.5, 0.6) is 0 Å². The van der Waals surface area contributed by atoms with Crippen molar-refractivity contribution in [1.82, 2.24) is 4.72 Å². The molecule has 2 rings (SSSR count). The SMILES string of the molecule is Cc1cc(S(=O)(=O)NCC2(O)CCC2)ccc1N. The molecule has 5 nitrogen and oxygen atoms in total. The van der Waals surface area contributed by atoms with E-state index >= 15 is 0 Å². The van der Waals surface area contributed by atoms with Gasteiger partial charge in [-0.05, 0) is 49.9 Å². The molecule has 0 saturated heterocycles. The third-order valence-electron chi connectivity index (χ3n) is 3.43. The molecule has 1 saturated carbocycles. The van der Waals surface area contributed by atoms with Crippen LogP contribution < -0.4 is 10.5 Å². The van der Waals surface area contributed by atoms with Crippen molar-refractivity contribution in [2.75, 3.05) is 12.3 Å². The van der Waals surface area contributed by atoms with Crippen molar-refractivity contribution < 1.29 is 13.5 Å². The zero-order valence-electron chi connectivity index (χ0n) is 10.3. The van der Waals surface area contributed by atoms with Gasteiger partial charge in [0.25, 0.3) is 0 Å². The highest BCUT2D eigenvalue weighted by molar-refractivity contribution is 7.89. The van der Waals surface area contributed by atoms with Crippen LogP contribution in [-0.2, 0) is 10.0 Å². The topological polar surface area (TPSA) is 92.4 Å². The van der Waals surface area contributed by atoms with Gasteiger partial charge in [-0.25, -0.2) is 13.1 Å². The first kappa shape index (κ1) is 13.3. The van der Waals surface area contributed by atoms with E-state index in [1.54, 1.807) is 13.0 Å². The number of rotatable bonds is 4. The van der Waals surface area contributed by atoms with Crippen LogP contribution in [0.3, 0.4) is 0 Å². The molecular formula is C12H18N2O3S. The van der Waals surface area contributed by atoms with Gasteiger partial charge in [-0.3, -0.25) is 0 Å². The molecule has 0 heterocycles. The minimum atomic E-state index is -3.57. The largest absolute Gasteiger partial charge is 0.399 e. The van der Waals surface area contributed by atoms with Crippen molar-refractivity contribution in [3.05, 3.63) is 23.8 Å². The molecule has 0 aliphatic heterocycles. The number of sulfonamides is 1. The summed E-state index contributed by atoms with van der Waals surface area (Å²) < 4.78 is 26.5. The summed E-state index contributed by atoms with van der Waals surface area (Å²) in [5.41, 5.74) is 6.07. The summed E-state index contributed by atoms with van der Waals surface area (Å²) in [6, 6.07) is 4.57. The Balaban J connectivity index is 2.12. The summed E-state index contributed by atoms with van der Waals surface area (Å²) in [6.45, 7) is 1.83. The number of aliphatic hydroxyl groups is 1. The minimum absolute atomic E-state index is 0.0682. The Labute approximate surface area is 107 Å². The van der Waals surface area contributed by atoms with E-state index in [0.29, 0.717) is 18.5 Å². The summed E-state index contributed by atoms with van der Waals surface area (Å²) in [5.74, 6) is 0. The fraction of sp³-hybridized carbons (Fsp3) is 0.500. The minimum Gasteiger partial charge on any atom is -0.399 e. The maximum absolute atomic E-state index is 12.0. The standard InChI is InChI=1S/C12H18N2O3S/c1-9-7-10(3-4-11(9)13)18(16,17)14-8-12(15)5-2-6-12/h3-4,7,14-15H,2,5-6,8,13H2,1H3. The average Bonchev–Trinajstić information content (AvgIpc) is 2.27. The predicted molar refractivity (Wildman–Crippen MR) is 69.6 cm³/mol. The lowest BCUT2D eigenvalue weighted by Crippen LogP contribution is -2.47. The summed E-state index contributed by atoms with van der Waals surface area (Å²) in [4.78, 5) is 0.178. The molecule has 0 unspecified atom stereocenters. The number of hydrogen-bond donors (Lipinski definition) is 3. The molecule has 1 aliphatic rings. The molecule has 1 fully saturated rings. The first-order valence-corrected chi connectivity index (χ1v) is 7.39. The molecule has 18 heavy (non-hydrogen) atoms. The Morgan fingerprint density at radius 3 is 2.61 bits per heavy atom. The van der Waals surface area contributed by atoms with Crippen LogP contribution in [0.15, 0.2) is 23.1 Å². The number of anilines is 1. The van der Waals surface area contributed by atoms with Crippen molar-refractivity contribution in [3.63, 3.8) is 0 Å². The lowest BCUT2D eigenvalue weighted by atomic mass is 9.81. The summed E-state index contributed by atoms with van der Waals surface area (Å²) in [7, 11) is -3.57.